The Morgan fingerprint density at radius 2 is 2.00 bits per heavy atom. The number of carbonyl (C=O) groups excluding carboxylic acids is 1. The summed E-state index contributed by atoms with van der Waals surface area (Å²) in [6.45, 7) is 1.91. The van der Waals surface area contributed by atoms with Crippen LogP contribution in [0, 0.1) is 5.82 Å². The lowest BCUT2D eigenvalue weighted by Gasteiger charge is -2.28. The molecule has 2 N–H and O–H groups in total. The fourth-order valence-electron chi connectivity index (χ4n) is 1.79. The molecule has 0 saturated carbocycles. The highest BCUT2D eigenvalue weighted by Gasteiger charge is 2.22. The van der Waals surface area contributed by atoms with Gasteiger partial charge < -0.3 is 10.6 Å². The summed E-state index contributed by atoms with van der Waals surface area (Å²) < 4.78 is 12.9. The molecule has 0 heterocycles. The second-order valence-corrected chi connectivity index (χ2v) is 5.55. The van der Waals surface area contributed by atoms with Gasteiger partial charge in [-0.05, 0) is 43.0 Å². The molecule has 1 amide bonds. The highest BCUT2D eigenvalue weighted by molar-refractivity contribution is 7.98. The first kappa shape index (κ1) is 16.0. The number of halogens is 1. The van der Waals surface area contributed by atoms with Crippen molar-refractivity contribution in [3.63, 3.8) is 0 Å². The summed E-state index contributed by atoms with van der Waals surface area (Å²) in [4.78, 5) is 13.8. The Balaban J connectivity index is 2.67. The van der Waals surface area contributed by atoms with E-state index < -0.39 is 6.04 Å². The fraction of sp³-hybridized carbons (Fsp3) is 0.500. The van der Waals surface area contributed by atoms with Gasteiger partial charge in [-0.1, -0.05) is 12.1 Å². The molecule has 2 atom stereocenters. The highest BCUT2D eigenvalue weighted by atomic mass is 32.2. The number of nitrogens with two attached hydrogens (primary N) is 1. The van der Waals surface area contributed by atoms with Crippen molar-refractivity contribution >= 4 is 17.7 Å². The standard InChI is InChI=1S/C14H21FN2OS/c1-10(11-4-6-12(15)7-5-11)17(2)14(18)13(16)8-9-19-3/h4-7,10,13H,8-9,16H2,1-3H3/t10?,13-/m1/s1. The second kappa shape index (κ2) is 7.50. The van der Waals surface area contributed by atoms with Gasteiger partial charge in [0.05, 0.1) is 12.1 Å². The number of carbonyl (C=O) groups is 1. The average molecular weight is 284 g/mol. The zero-order valence-corrected chi connectivity index (χ0v) is 12.4. The maximum absolute atomic E-state index is 12.9. The molecule has 0 aliphatic carbocycles. The number of rotatable bonds is 6. The smallest absolute Gasteiger partial charge is 0.239 e. The van der Waals surface area contributed by atoms with Gasteiger partial charge in [0.15, 0.2) is 0 Å². The van der Waals surface area contributed by atoms with E-state index >= 15 is 0 Å². The molecule has 106 valence electrons. The summed E-state index contributed by atoms with van der Waals surface area (Å²) in [7, 11) is 1.73. The van der Waals surface area contributed by atoms with Crippen molar-refractivity contribution in [1.82, 2.24) is 4.90 Å². The Hall–Kier alpha value is -1.07. The van der Waals surface area contributed by atoms with Crippen molar-refractivity contribution in [1.29, 1.82) is 0 Å². The molecule has 0 aliphatic rings. The number of likely N-dealkylation sites (N-methyl/N-ethyl adjacent to an activating group) is 1. The van der Waals surface area contributed by atoms with Crippen LogP contribution in [0.4, 0.5) is 4.39 Å². The molecule has 19 heavy (non-hydrogen) atoms. The van der Waals surface area contributed by atoms with Crippen LogP contribution in [0.1, 0.15) is 24.9 Å². The molecule has 0 aromatic heterocycles. The van der Waals surface area contributed by atoms with Crippen LogP contribution in [0.2, 0.25) is 0 Å². The summed E-state index contributed by atoms with van der Waals surface area (Å²) in [5.41, 5.74) is 6.78. The van der Waals surface area contributed by atoms with Crippen LogP contribution in [0.15, 0.2) is 24.3 Å². The SMILES string of the molecule is CSCC[C@@H](N)C(=O)N(C)C(C)c1ccc(F)cc1. The van der Waals surface area contributed by atoms with Gasteiger partial charge in [-0.3, -0.25) is 4.79 Å². The van der Waals surface area contributed by atoms with E-state index in [9.17, 15) is 9.18 Å². The molecule has 1 unspecified atom stereocenters. The maximum atomic E-state index is 12.9. The highest BCUT2D eigenvalue weighted by Crippen LogP contribution is 2.20. The minimum absolute atomic E-state index is 0.0779. The zero-order chi connectivity index (χ0) is 14.4. The van der Waals surface area contributed by atoms with Crippen molar-refractivity contribution in [2.24, 2.45) is 5.73 Å². The van der Waals surface area contributed by atoms with Crippen LogP contribution in [0.3, 0.4) is 0 Å². The molecular weight excluding hydrogens is 263 g/mol. The van der Waals surface area contributed by atoms with Crippen molar-refractivity contribution in [3.8, 4) is 0 Å². The number of amides is 1. The van der Waals surface area contributed by atoms with Gasteiger partial charge in [0.2, 0.25) is 5.91 Å². The maximum Gasteiger partial charge on any atom is 0.239 e. The van der Waals surface area contributed by atoms with Gasteiger partial charge in [0, 0.05) is 7.05 Å². The van der Waals surface area contributed by atoms with E-state index in [4.69, 9.17) is 5.73 Å². The predicted molar refractivity (Wildman–Crippen MR) is 78.6 cm³/mol. The van der Waals surface area contributed by atoms with E-state index in [0.717, 1.165) is 11.3 Å². The van der Waals surface area contributed by atoms with Gasteiger partial charge in [-0.15, -0.1) is 0 Å². The molecule has 5 heteroatoms. The summed E-state index contributed by atoms with van der Waals surface area (Å²) >= 11 is 1.67. The second-order valence-electron chi connectivity index (χ2n) is 4.56. The molecule has 0 aliphatic heterocycles. The molecule has 1 aromatic carbocycles. The lowest BCUT2D eigenvalue weighted by Crippen LogP contribution is -2.43. The van der Waals surface area contributed by atoms with Crippen LogP contribution >= 0.6 is 11.8 Å². The minimum Gasteiger partial charge on any atom is -0.338 e. The lowest BCUT2D eigenvalue weighted by atomic mass is 10.1. The summed E-state index contributed by atoms with van der Waals surface area (Å²) in [6, 6.07) is 5.60. The molecule has 1 aromatic rings. The van der Waals surface area contributed by atoms with Gasteiger partial charge in [0.1, 0.15) is 5.82 Å². The fourth-order valence-corrected chi connectivity index (χ4v) is 2.28. The molecular formula is C14H21FN2OS. The van der Waals surface area contributed by atoms with Crippen LogP contribution < -0.4 is 5.73 Å². The van der Waals surface area contributed by atoms with Crippen molar-refractivity contribution in [2.75, 3.05) is 19.1 Å². The first-order valence-corrected chi connectivity index (χ1v) is 7.63. The minimum atomic E-state index is -0.472. The molecule has 0 bridgehead atoms. The quantitative estimate of drug-likeness (QED) is 0.872. The topological polar surface area (TPSA) is 46.3 Å². The lowest BCUT2D eigenvalue weighted by molar-refractivity contribution is -0.133. The van der Waals surface area contributed by atoms with E-state index in [-0.39, 0.29) is 17.8 Å². The van der Waals surface area contributed by atoms with Gasteiger partial charge in [-0.25, -0.2) is 4.39 Å². The normalized spacial score (nSPS) is 13.9. The van der Waals surface area contributed by atoms with Crippen molar-refractivity contribution in [3.05, 3.63) is 35.6 Å². The molecule has 0 fully saturated rings. The van der Waals surface area contributed by atoms with E-state index in [1.165, 1.54) is 12.1 Å². The average Bonchev–Trinajstić information content (AvgIpc) is 2.43. The first-order valence-electron chi connectivity index (χ1n) is 6.24. The third-order valence-electron chi connectivity index (χ3n) is 3.23. The van der Waals surface area contributed by atoms with Gasteiger partial charge >= 0.3 is 0 Å². The molecule has 0 saturated heterocycles. The van der Waals surface area contributed by atoms with E-state index in [1.54, 1.807) is 35.8 Å². The Morgan fingerprint density at radius 1 is 1.42 bits per heavy atom. The zero-order valence-electron chi connectivity index (χ0n) is 11.6. The Labute approximate surface area is 118 Å². The number of benzene rings is 1. The van der Waals surface area contributed by atoms with Crippen LogP contribution in [-0.4, -0.2) is 35.9 Å². The predicted octanol–water partition coefficient (Wildman–Crippen LogP) is 2.43. The number of nitrogens with zero attached hydrogens (tertiary/aromatic N) is 1. The third-order valence-corrected chi connectivity index (χ3v) is 3.88. The first-order chi connectivity index (χ1) is 8.97. The summed E-state index contributed by atoms with van der Waals surface area (Å²) in [5, 5.41) is 0. The van der Waals surface area contributed by atoms with Gasteiger partial charge in [-0.2, -0.15) is 11.8 Å². The van der Waals surface area contributed by atoms with E-state index in [2.05, 4.69) is 0 Å². The molecule has 0 radical (unpaired) electrons. The van der Waals surface area contributed by atoms with E-state index in [0.29, 0.717) is 6.42 Å². The van der Waals surface area contributed by atoms with Crippen molar-refractivity contribution in [2.45, 2.75) is 25.4 Å². The number of hydrogen-bond donors (Lipinski definition) is 1. The summed E-state index contributed by atoms with van der Waals surface area (Å²) in [5.74, 6) is 0.513. The van der Waals surface area contributed by atoms with Gasteiger partial charge in [0.25, 0.3) is 0 Å². The molecule has 0 spiro atoms. The van der Waals surface area contributed by atoms with Crippen LogP contribution in [0.5, 0.6) is 0 Å². The number of thioether (sulfide) groups is 1. The van der Waals surface area contributed by atoms with Crippen LogP contribution in [-0.2, 0) is 4.79 Å². The third kappa shape index (κ3) is 4.51. The number of hydrogen-bond acceptors (Lipinski definition) is 3. The van der Waals surface area contributed by atoms with E-state index in [1.807, 2.05) is 13.2 Å². The monoisotopic (exact) mass is 284 g/mol. The van der Waals surface area contributed by atoms with Crippen molar-refractivity contribution < 1.29 is 9.18 Å². The Morgan fingerprint density at radius 3 is 2.53 bits per heavy atom. The molecule has 1 rings (SSSR count). The Bertz CT molecular complexity index is 410. The molecule has 3 nitrogen and oxygen atoms in total. The summed E-state index contributed by atoms with van der Waals surface area (Å²) in [6.07, 6.45) is 2.66. The van der Waals surface area contributed by atoms with Crippen LogP contribution in [0.25, 0.3) is 0 Å². The Kier molecular flexibility index (Phi) is 6.31. The largest absolute Gasteiger partial charge is 0.338 e.